The van der Waals surface area contributed by atoms with Crippen molar-refractivity contribution in [3.63, 3.8) is 0 Å². The third-order valence-corrected chi connectivity index (χ3v) is 2.81. The van der Waals surface area contributed by atoms with Crippen LogP contribution in [-0.4, -0.2) is 47.9 Å². The molecule has 110 valence electrons. The lowest BCUT2D eigenvalue weighted by atomic mass is 10.1. The van der Waals surface area contributed by atoms with Gasteiger partial charge in [-0.25, -0.2) is 0 Å². The van der Waals surface area contributed by atoms with Crippen molar-refractivity contribution in [3.05, 3.63) is 0 Å². The summed E-state index contributed by atoms with van der Waals surface area (Å²) in [4.78, 5) is 33.9. The van der Waals surface area contributed by atoms with Gasteiger partial charge >= 0.3 is 5.97 Å². The van der Waals surface area contributed by atoms with Crippen LogP contribution in [0.5, 0.6) is 0 Å². The Morgan fingerprint density at radius 2 is 1.63 bits per heavy atom. The van der Waals surface area contributed by atoms with Gasteiger partial charge in [0.1, 0.15) is 0 Å². The zero-order valence-electron chi connectivity index (χ0n) is 11.8. The van der Waals surface area contributed by atoms with E-state index in [0.29, 0.717) is 13.0 Å². The first-order chi connectivity index (χ1) is 8.93. The maximum atomic E-state index is 11.4. The molecule has 6 heteroatoms. The number of carbonyl (C=O) groups excluding carboxylic acids is 2. The van der Waals surface area contributed by atoms with Gasteiger partial charge in [0.2, 0.25) is 11.8 Å². The molecule has 0 fully saturated rings. The fourth-order valence-electron chi connectivity index (χ4n) is 1.54. The van der Waals surface area contributed by atoms with Crippen LogP contribution in [0.15, 0.2) is 0 Å². The summed E-state index contributed by atoms with van der Waals surface area (Å²) in [5, 5.41) is 11.2. The number of hydrogen-bond donors (Lipinski definition) is 2. The van der Waals surface area contributed by atoms with Crippen LogP contribution in [0.3, 0.4) is 0 Å². The number of likely N-dealkylation sites (N-methyl/N-ethyl adjacent to an activating group) is 1. The van der Waals surface area contributed by atoms with E-state index in [9.17, 15) is 14.4 Å². The highest BCUT2D eigenvalue weighted by Crippen LogP contribution is 2.04. The summed E-state index contributed by atoms with van der Waals surface area (Å²) in [5.41, 5.74) is 0. The molecule has 0 aliphatic rings. The molecule has 0 aromatic rings. The normalized spacial score (nSPS) is 10.0. The van der Waals surface area contributed by atoms with Crippen LogP contribution in [0.4, 0.5) is 0 Å². The molecular formula is C13H24N2O4. The second-order valence-electron chi connectivity index (χ2n) is 4.64. The van der Waals surface area contributed by atoms with E-state index in [1.165, 1.54) is 11.8 Å². The molecule has 0 radical (unpaired) electrons. The second-order valence-corrected chi connectivity index (χ2v) is 4.64. The molecule has 2 N–H and O–H groups in total. The van der Waals surface area contributed by atoms with Crippen LogP contribution in [0.2, 0.25) is 0 Å². The van der Waals surface area contributed by atoms with Gasteiger partial charge in [-0.2, -0.15) is 0 Å². The molecule has 0 heterocycles. The van der Waals surface area contributed by atoms with E-state index in [1.54, 1.807) is 7.05 Å². The van der Waals surface area contributed by atoms with Crippen molar-refractivity contribution < 1.29 is 19.5 Å². The average Bonchev–Trinajstić information content (AvgIpc) is 2.31. The van der Waals surface area contributed by atoms with Crippen molar-refractivity contribution in [2.45, 2.75) is 45.4 Å². The standard InChI is InChI=1S/C13H24N2O4/c1-11(16)15(2)10-12(17)14-9-7-5-3-4-6-8-13(18)19/h3-10H2,1-2H3,(H,14,17)(H,18,19). The average molecular weight is 272 g/mol. The third-order valence-electron chi connectivity index (χ3n) is 2.81. The molecule has 0 aromatic carbocycles. The van der Waals surface area contributed by atoms with E-state index in [4.69, 9.17) is 5.11 Å². The molecule has 0 aliphatic carbocycles. The van der Waals surface area contributed by atoms with Crippen molar-refractivity contribution in [3.8, 4) is 0 Å². The smallest absolute Gasteiger partial charge is 0.303 e. The SMILES string of the molecule is CC(=O)N(C)CC(=O)NCCCCCCCC(=O)O. The van der Waals surface area contributed by atoms with Gasteiger partial charge < -0.3 is 15.3 Å². The Hall–Kier alpha value is -1.59. The monoisotopic (exact) mass is 272 g/mol. The first-order valence-corrected chi connectivity index (χ1v) is 6.63. The van der Waals surface area contributed by atoms with Gasteiger partial charge in [-0.05, 0) is 12.8 Å². The molecule has 0 saturated heterocycles. The fourth-order valence-corrected chi connectivity index (χ4v) is 1.54. The maximum absolute atomic E-state index is 11.4. The van der Waals surface area contributed by atoms with Crippen LogP contribution in [0.1, 0.15) is 45.4 Å². The maximum Gasteiger partial charge on any atom is 0.303 e. The highest BCUT2D eigenvalue weighted by molar-refractivity contribution is 5.83. The molecule has 0 aliphatic heterocycles. The van der Waals surface area contributed by atoms with Crippen LogP contribution >= 0.6 is 0 Å². The van der Waals surface area contributed by atoms with E-state index in [-0.39, 0.29) is 24.8 Å². The minimum absolute atomic E-state index is 0.0912. The topological polar surface area (TPSA) is 86.7 Å². The summed E-state index contributed by atoms with van der Waals surface area (Å²) in [7, 11) is 1.59. The van der Waals surface area contributed by atoms with Gasteiger partial charge in [-0.1, -0.05) is 19.3 Å². The summed E-state index contributed by atoms with van der Waals surface area (Å²) in [6.45, 7) is 2.11. The van der Waals surface area contributed by atoms with Gasteiger partial charge in [-0.3, -0.25) is 14.4 Å². The summed E-state index contributed by atoms with van der Waals surface area (Å²) >= 11 is 0. The number of carbonyl (C=O) groups is 3. The summed E-state index contributed by atoms with van der Waals surface area (Å²) in [5.74, 6) is -1.03. The summed E-state index contributed by atoms with van der Waals surface area (Å²) in [6, 6.07) is 0. The zero-order chi connectivity index (χ0) is 14.7. The Balaban J connectivity index is 3.37. The number of amides is 2. The van der Waals surface area contributed by atoms with Gasteiger partial charge in [-0.15, -0.1) is 0 Å². The molecule has 0 rings (SSSR count). The van der Waals surface area contributed by atoms with Crippen molar-refractivity contribution >= 4 is 17.8 Å². The third kappa shape index (κ3) is 11.2. The number of rotatable bonds is 10. The Kier molecular flexibility index (Phi) is 9.48. The van der Waals surface area contributed by atoms with E-state index in [2.05, 4.69) is 5.32 Å². The lowest BCUT2D eigenvalue weighted by molar-refractivity contribution is -0.137. The number of nitrogens with zero attached hydrogens (tertiary/aromatic N) is 1. The number of carboxylic acids is 1. The molecule has 0 unspecified atom stereocenters. The van der Waals surface area contributed by atoms with Gasteiger partial charge in [0, 0.05) is 26.9 Å². The lowest BCUT2D eigenvalue weighted by Gasteiger charge is -2.14. The minimum Gasteiger partial charge on any atom is -0.481 e. The van der Waals surface area contributed by atoms with Crippen molar-refractivity contribution in [1.82, 2.24) is 10.2 Å². The first kappa shape index (κ1) is 17.4. The molecule has 2 amide bonds. The second kappa shape index (κ2) is 10.3. The molecule has 19 heavy (non-hydrogen) atoms. The summed E-state index contributed by atoms with van der Waals surface area (Å²) < 4.78 is 0. The number of nitrogens with one attached hydrogen (secondary N) is 1. The molecule has 6 nitrogen and oxygen atoms in total. The van der Waals surface area contributed by atoms with E-state index in [1.807, 2.05) is 0 Å². The van der Waals surface area contributed by atoms with Crippen molar-refractivity contribution in [2.24, 2.45) is 0 Å². The Morgan fingerprint density at radius 3 is 2.21 bits per heavy atom. The first-order valence-electron chi connectivity index (χ1n) is 6.63. The van der Waals surface area contributed by atoms with Gasteiger partial charge in [0.15, 0.2) is 0 Å². The Morgan fingerprint density at radius 1 is 1.05 bits per heavy atom. The fraction of sp³-hybridized carbons (Fsp3) is 0.769. The van der Waals surface area contributed by atoms with Crippen LogP contribution in [-0.2, 0) is 14.4 Å². The minimum atomic E-state index is -0.748. The Bertz CT molecular complexity index is 305. The van der Waals surface area contributed by atoms with Crippen molar-refractivity contribution in [1.29, 1.82) is 0 Å². The van der Waals surface area contributed by atoms with E-state index in [0.717, 1.165) is 25.7 Å². The predicted octanol–water partition coefficient (Wildman–Crippen LogP) is 1.01. The number of carboxylic acid groups (broad SMARTS) is 1. The molecule has 0 atom stereocenters. The molecule has 0 bridgehead atoms. The van der Waals surface area contributed by atoms with E-state index >= 15 is 0 Å². The highest BCUT2D eigenvalue weighted by atomic mass is 16.4. The number of hydrogen-bond acceptors (Lipinski definition) is 3. The largest absolute Gasteiger partial charge is 0.481 e. The van der Waals surface area contributed by atoms with Gasteiger partial charge in [0.05, 0.1) is 6.54 Å². The molecule has 0 aromatic heterocycles. The lowest BCUT2D eigenvalue weighted by Crippen LogP contribution is -2.37. The molecule has 0 spiro atoms. The molecule has 0 saturated carbocycles. The van der Waals surface area contributed by atoms with Gasteiger partial charge in [0.25, 0.3) is 0 Å². The van der Waals surface area contributed by atoms with Crippen LogP contribution in [0.25, 0.3) is 0 Å². The summed E-state index contributed by atoms with van der Waals surface area (Å²) in [6.07, 6.45) is 4.69. The predicted molar refractivity (Wildman–Crippen MR) is 71.7 cm³/mol. The molecular weight excluding hydrogens is 248 g/mol. The van der Waals surface area contributed by atoms with Crippen LogP contribution < -0.4 is 5.32 Å². The van der Waals surface area contributed by atoms with Crippen molar-refractivity contribution in [2.75, 3.05) is 20.1 Å². The van der Waals surface area contributed by atoms with Crippen LogP contribution in [0, 0.1) is 0 Å². The zero-order valence-corrected chi connectivity index (χ0v) is 11.8. The number of aliphatic carboxylic acids is 1. The van der Waals surface area contributed by atoms with E-state index < -0.39 is 5.97 Å². The quantitative estimate of drug-likeness (QED) is 0.581. The number of unbranched alkanes of at least 4 members (excludes halogenated alkanes) is 4. The highest BCUT2D eigenvalue weighted by Gasteiger charge is 2.07. The Labute approximate surface area is 114 Å².